The van der Waals surface area contributed by atoms with Gasteiger partial charge in [-0.3, -0.25) is 14.5 Å². The number of amides is 1. The Morgan fingerprint density at radius 3 is 2.18 bits per heavy atom. The van der Waals surface area contributed by atoms with Crippen LogP contribution in [0.5, 0.6) is 11.5 Å². The number of benzene rings is 3. The van der Waals surface area contributed by atoms with Crippen LogP contribution in [-0.4, -0.2) is 29.0 Å². The van der Waals surface area contributed by atoms with Crippen molar-refractivity contribution in [3.63, 3.8) is 0 Å². The highest BCUT2D eigenvalue weighted by molar-refractivity contribution is 6.51. The van der Waals surface area contributed by atoms with E-state index in [2.05, 4.69) is 0 Å². The van der Waals surface area contributed by atoms with E-state index in [1.165, 1.54) is 17.0 Å². The maximum absolute atomic E-state index is 13.4. The Bertz CT molecular complexity index is 1340. The maximum atomic E-state index is 13.4. The van der Waals surface area contributed by atoms with Gasteiger partial charge < -0.3 is 14.9 Å². The molecule has 2 N–H and O–H groups in total. The molecular formula is C28H27NO5. The lowest BCUT2D eigenvalue weighted by molar-refractivity contribution is -0.132. The molecule has 0 saturated carbocycles. The van der Waals surface area contributed by atoms with Crippen LogP contribution in [0.15, 0.2) is 60.2 Å². The number of ether oxygens (including phenoxy) is 1. The number of phenolic OH excluding ortho intramolecular Hbond substituents is 1. The third-order valence-corrected chi connectivity index (χ3v) is 6.26. The third kappa shape index (κ3) is 3.81. The van der Waals surface area contributed by atoms with Crippen LogP contribution in [0.4, 0.5) is 5.69 Å². The normalized spacial score (nSPS) is 17.3. The van der Waals surface area contributed by atoms with Gasteiger partial charge in [-0.1, -0.05) is 29.8 Å². The van der Waals surface area contributed by atoms with Crippen LogP contribution < -0.4 is 9.64 Å². The lowest BCUT2D eigenvalue weighted by atomic mass is 9.92. The van der Waals surface area contributed by atoms with E-state index in [0.29, 0.717) is 28.1 Å². The zero-order valence-electron chi connectivity index (χ0n) is 19.8. The molecule has 3 aromatic rings. The van der Waals surface area contributed by atoms with Crippen molar-refractivity contribution in [1.82, 2.24) is 0 Å². The van der Waals surface area contributed by atoms with Crippen molar-refractivity contribution in [2.24, 2.45) is 0 Å². The van der Waals surface area contributed by atoms with Crippen LogP contribution in [-0.2, 0) is 9.59 Å². The van der Waals surface area contributed by atoms with E-state index >= 15 is 0 Å². The molecule has 1 unspecified atom stereocenters. The van der Waals surface area contributed by atoms with Crippen LogP contribution in [0.2, 0.25) is 0 Å². The average molecular weight is 458 g/mol. The van der Waals surface area contributed by atoms with Gasteiger partial charge in [0.25, 0.3) is 11.7 Å². The molecule has 0 bridgehead atoms. The van der Waals surface area contributed by atoms with Crippen molar-refractivity contribution < 1.29 is 24.5 Å². The molecule has 0 aromatic heterocycles. The topological polar surface area (TPSA) is 87.1 Å². The van der Waals surface area contributed by atoms with Crippen LogP contribution in [0.25, 0.3) is 5.76 Å². The molecule has 1 aliphatic rings. The molecule has 6 nitrogen and oxygen atoms in total. The van der Waals surface area contributed by atoms with Gasteiger partial charge >= 0.3 is 0 Å². The van der Waals surface area contributed by atoms with E-state index < -0.39 is 17.7 Å². The molecule has 1 atom stereocenters. The second kappa shape index (κ2) is 8.71. The van der Waals surface area contributed by atoms with Crippen molar-refractivity contribution in [3.05, 3.63) is 93.6 Å². The zero-order valence-corrected chi connectivity index (χ0v) is 19.8. The second-order valence-corrected chi connectivity index (χ2v) is 8.69. The zero-order chi connectivity index (χ0) is 24.7. The van der Waals surface area contributed by atoms with Gasteiger partial charge in [-0.15, -0.1) is 0 Å². The van der Waals surface area contributed by atoms with Gasteiger partial charge in [-0.2, -0.15) is 0 Å². The Labute approximate surface area is 198 Å². The summed E-state index contributed by atoms with van der Waals surface area (Å²) in [5.74, 6) is -0.987. The number of methoxy groups -OCH3 is 1. The Kier molecular flexibility index (Phi) is 5.92. The molecule has 0 spiro atoms. The summed E-state index contributed by atoms with van der Waals surface area (Å²) in [7, 11) is 1.57. The fourth-order valence-electron chi connectivity index (χ4n) is 4.54. The summed E-state index contributed by atoms with van der Waals surface area (Å²) in [5.41, 5.74) is 5.02. The Hall–Kier alpha value is -4.06. The number of aliphatic hydroxyl groups excluding tert-OH is 1. The van der Waals surface area contributed by atoms with Gasteiger partial charge in [0.1, 0.15) is 17.3 Å². The van der Waals surface area contributed by atoms with Crippen LogP contribution in [0.1, 0.15) is 39.4 Å². The van der Waals surface area contributed by atoms with Crippen molar-refractivity contribution in [2.45, 2.75) is 33.7 Å². The van der Waals surface area contributed by atoms with E-state index in [9.17, 15) is 19.8 Å². The van der Waals surface area contributed by atoms with Gasteiger partial charge in [0.05, 0.1) is 18.7 Å². The monoisotopic (exact) mass is 457 g/mol. The van der Waals surface area contributed by atoms with E-state index in [1.54, 1.807) is 31.4 Å². The molecule has 0 radical (unpaired) electrons. The number of carbonyl (C=O) groups excluding carboxylic acids is 2. The number of carbonyl (C=O) groups is 2. The van der Waals surface area contributed by atoms with Crippen LogP contribution in [0.3, 0.4) is 0 Å². The molecule has 6 heteroatoms. The molecular weight excluding hydrogens is 430 g/mol. The molecule has 1 saturated heterocycles. The Morgan fingerprint density at radius 2 is 1.56 bits per heavy atom. The number of phenols is 1. The van der Waals surface area contributed by atoms with E-state index in [0.717, 1.165) is 16.7 Å². The molecule has 0 aliphatic carbocycles. The summed E-state index contributed by atoms with van der Waals surface area (Å²) in [6, 6.07) is 14.6. The number of anilines is 1. The minimum Gasteiger partial charge on any atom is -0.508 e. The van der Waals surface area contributed by atoms with Gasteiger partial charge in [0.2, 0.25) is 0 Å². The summed E-state index contributed by atoms with van der Waals surface area (Å²) < 4.78 is 5.37. The van der Waals surface area contributed by atoms with Crippen molar-refractivity contribution in [2.75, 3.05) is 12.0 Å². The van der Waals surface area contributed by atoms with Crippen LogP contribution in [0, 0.1) is 27.7 Å². The fourth-order valence-corrected chi connectivity index (χ4v) is 4.54. The Balaban J connectivity index is 1.99. The molecule has 1 heterocycles. The van der Waals surface area contributed by atoms with Crippen LogP contribution >= 0.6 is 0 Å². The second-order valence-electron chi connectivity index (χ2n) is 8.69. The molecule has 3 aromatic carbocycles. The minimum atomic E-state index is -0.858. The molecule has 1 aliphatic heterocycles. The lowest BCUT2D eigenvalue weighted by Crippen LogP contribution is -2.30. The fraction of sp³-hybridized carbons (Fsp3) is 0.214. The summed E-state index contributed by atoms with van der Waals surface area (Å²) in [6.45, 7) is 7.50. The number of rotatable bonds is 4. The van der Waals surface area contributed by atoms with Crippen molar-refractivity contribution in [3.8, 4) is 11.5 Å². The lowest BCUT2D eigenvalue weighted by Gasteiger charge is -2.27. The van der Waals surface area contributed by atoms with Gasteiger partial charge in [-0.05, 0) is 80.3 Å². The third-order valence-electron chi connectivity index (χ3n) is 6.26. The number of hydrogen-bond donors (Lipinski definition) is 2. The number of ketones is 1. The van der Waals surface area contributed by atoms with E-state index in [1.807, 2.05) is 45.9 Å². The first kappa shape index (κ1) is 23.1. The highest BCUT2D eigenvalue weighted by Crippen LogP contribution is 2.44. The molecule has 1 amide bonds. The molecule has 174 valence electrons. The first-order chi connectivity index (χ1) is 16.1. The van der Waals surface area contributed by atoms with E-state index in [4.69, 9.17) is 4.74 Å². The number of aliphatic hydroxyl groups is 1. The first-order valence-electron chi connectivity index (χ1n) is 11.0. The standard InChI is InChI=1S/C28H27NO5/c1-15-6-11-22(17(3)12-15)29-25(19-7-9-20(30)10-8-19)24(27(32)28(29)33)26(31)21-13-18(4)23(34-5)14-16(21)2/h6-14,25,30-31H,1-5H3/b26-24+. The number of hydrogen-bond acceptors (Lipinski definition) is 5. The maximum Gasteiger partial charge on any atom is 0.300 e. The highest BCUT2D eigenvalue weighted by Gasteiger charge is 2.47. The summed E-state index contributed by atoms with van der Waals surface area (Å²) in [4.78, 5) is 28.2. The van der Waals surface area contributed by atoms with Crippen molar-refractivity contribution >= 4 is 23.1 Å². The number of aromatic hydroxyl groups is 1. The molecule has 34 heavy (non-hydrogen) atoms. The van der Waals surface area contributed by atoms with Gasteiger partial charge in [-0.25, -0.2) is 0 Å². The SMILES string of the molecule is COc1cc(C)c(/C(O)=C2\C(=O)C(=O)N(c3ccc(C)cc3C)C2c2ccc(O)cc2)cc1C. The van der Waals surface area contributed by atoms with Crippen molar-refractivity contribution in [1.29, 1.82) is 0 Å². The number of Topliss-reactive ketones (excluding diaryl/α,β-unsaturated/α-hetero) is 1. The minimum absolute atomic E-state index is 0.00308. The van der Waals surface area contributed by atoms with Gasteiger partial charge in [0, 0.05) is 11.3 Å². The first-order valence-corrected chi connectivity index (χ1v) is 11.0. The highest BCUT2D eigenvalue weighted by atomic mass is 16.5. The van der Waals surface area contributed by atoms with E-state index in [-0.39, 0.29) is 17.1 Å². The molecule has 4 rings (SSSR count). The number of nitrogens with zero attached hydrogens (tertiary/aromatic N) is 1. The van der Waals surface area contributed by atoms with Gasteiger partial charge in [0.15, 0.2) is 0 Å². The Morgan fingerprint density at radius 1 is 0.882 bits per heavy atom. The number of aryl methyl sites for hydroxylation is 4. The smallest absolute Gasteiger partial charge is 0.300 e. The largest absolute Gasteiger partial charge is 0.508 e. The predicted octanol–water partition coefficient (Wildman–Crippen LogP) is 5.26. The summed E-state index contributed by atoms with van der Waals surface area (Å²) >= 11 is 0. The summed E-state index contributed by atoms with van der Waals surface area (Å²) in [5, 5.41) is 21.2. The average Bonchev–Trinajstić information content (AvgIpc) is 3.05. The quantitative estimate of drug-likeness (QED) is 0.317. The molecule has 1 fully saturated rings. The summed E-state index contributed by atoms with van der Waals surface area (Å²) in [6.07, 6.45) is 0. The predicted molar refractivity (Wildman–Crippen MR) is 131 cm³/mol.